The van der Waals surface area contributed by atoms with Gasteiger partial charge in [0.1, 0.15) is 13.2 Å². The highest BCUT2D eigenvalue weighted by atomic mass is 35.5. The summed E-state index contributed by atoms with van der Waals surface area (Å²) in [5.74, 6) is -2.45. The Bertz CT molecular complexity index is 1890. The lowest BCUT2D eigenvalue weighted by molar-refractivity contribution is -0.166. The Morgan fingerprint density at radius 3 is 1.89 bits per heavy atom. The highest BCUT2D eigenvalue weighted by Gasteiger charge is 2.70. The molecule has 0 N–H and O–H groups in total. The second-order valence-electron chi connectivity index (χ2n) is 11.0. The number of esters is 2. The van der Waals surface area contributed by atoms with E-state index in [2.05, 4.69) is 5.10 Å². The van der Waals surface area contributed by atoms with E-state index in [-0.39, 0.29) is 30.2 Å². The van der Waals surface area contributed by atoms with Gasteiger partial charge in [0.15, 0.2) is 5.41 Å². The minimum atomic E-state index is -4.22. The van der Waals surface area contributed by atoms with Crippen molar-refractivity contribution in [3.63, 3.8) is 0 Å². The predicted molar refractivity (Wildman–Crippen MR) is 169 cm³/mol. The lowest BCUT2D eigenvalue weighted by Crippen LogP contribution is -2.32. The van der Waals surface area contributed by atoms with Crippen molar-refractivity contribution in [2.45, 2.75) is 37.4 Å². The monoisotopic (exact) mass is 640 g/mol. The molecule has 1 heterocycles. The number of aromatic nitrogens is 2. The number of nitrogens with zero attached hydrogens (tertiary/aromatic N) is 2. The molecule has 1 fully saturated rings. The summed E-state index contributed by atoms with van der Waals surface area (Å²) < 4.78 is 40.3. The number of hydrogen-bond acceptors (Lipinski definition) is 7. The Labute approximate surface area is 266 Å². The molecular formula is C35H29ClN2O6S. The van der Waals surface area contributed by atoms with Crippen LogP contribution in [0.3, 0.4) is 0 Å². The summed E-state index contributed by atoms with van der Waals surface area (Å²) >= 11 is 6.09. The molecule has 0 spiro atoms. The molecule has 10 heteroatoms. The smallest absolute Gasteiger partial charge is 0.324 e. The van der Waals surface area contributed by atoms with Crippen LogP contribution in [0.2, 0.25) is 5.02 Å². The zero-order chi connectivity index (χ0) is 31.6. The van der Waals surface area contributed by atoms with Gasteiger partial charge in [-0.25, -0.2) is 0 Å². The van der Waals surface area contributed by atoms with Crippen LogP contribution in [0, 0.1) is 12.3 Å². The van der Waals surface area contributed by atoms with Crippen molar-refractivity contribution < 1.29 is 27.5 Å². The van der Waals surface area contributed by atoms with Crippen molar-refractivity contribution >= 4 is 33.6 Å². The molecule has 5 aromatic rings. The molecule has 0 radical (unpaired) electrons. The number of benzene rings is 4. The van der Waals surface area contributed by atoms with E-state index >= 15 is 0 Å². The molecule has 1 atom stereocenters. The Balaban J connectivity index is 1.40. The number of ether oxygens (including phenoxy) is 2. The van der Waals surface area contributed by atoms with Gasteiger partial charge in [0.05, 0.1) is 16.3 Å². The molecule has 6 rings (SSSR count). The Morgan fingerprint density at radius 1 is 0.822 bits per heavy atom. The van der Waals surface area contributed by atoms with Crippen LogP contribution >= 0.6 is 11.6 Å². The van der Waals surface area contributed by atoms with Gasteiger partial charge in [0, 0.05) is 16.5 Å². The van der Waals surface area contributed by atoms with E-state index in [1.54, 1.807) is 66.7 Å². The van der Waals surface area contributed by atoms with E-state index in [1.807, 2.05) is 43.3 Å². The Kier molecular flexibility index (Phi) is 8.31. The molecule has 0 amide bonds. The summed E-state index contributed by atoms with van der Waals surface area (Å²) in [7, 11) is -4.22. The minimum Gasteiger partial charge on any atom is -0.460 e. The summed E-state index contributed by atoms with van der Waals surface area (Å²) in [4.78, 5) is 27.6. The van der Waals surface area contributed by atoms with Crippen LogP contribution < -0.4 is 0 Å². The third kappa shape index (κ3) is 6.14. The molecule has 45 heavy (non-hydrogen) atoms. The molecule has 1 aliphatic carbocycles. The molecule has 228 valence electrons. The highest BCUT2D eigenvalue weighted by Crippen LogP contribution is 2.61. The molecule has 1 aliphatic rings. The summed E-state index contributed by atoms with van der Waals surface area (Å²) in [6.07, 6.45) is -0.0105. The number of carbonyl (C=O) groups excluding carboxylic acids is 2. The van der Waals surface area contributed by atoms with E-state index < -0.39 is 33.3 Å². The lowest BCUT2D eigenvalue weighted by atomic mass is 10.0. The molecule has 4 aromatic carbocycles. The van der Waals surface area contributed by atoms with E-state index in [4.69, 9.17) is 21.1 Å². The molecule has 1 saturated carbocycles. The second-order valence-corrected chi connectivity index (χ2v) is 13.2. The molecule has 0 aliphatic heterocycles. The quantitative estimate of drug-likeness (QED) is 0.123. The number of rotatable bonds is 10. The van der Waals surface area contributed by atoms with Gasteiger partial charge in [0.2, 0.25) is 0 Å². The predicted octanol–water partition coefficient (Wildman–Crippen LogP) is 6.71. The first-order valence-corrected chi connectivity index (χ1v) is 16.1. The van der Waals surface area contributed by atoms with Crippen LogP contribution in [-0.4, -0.2) is 29.5 Å². The van der Waals surface area contributed by atoms with E-state index in [0.29, 0.717) is 16.3 Å². The van der Waals surface area contributed by atoms with Gasteiger partial charge in [0.25, 0.3) is 10.0 Å². The van der Waals surface area contributed by atoms with Gasteiger partial charge in [-0.3, -0.25) is 9.59 Å². The zero-order valence-corrected chi connectivity index (χ0v) is 25.9. The zero-order valence-electron chi connectivity index (χ0n) is 24.3. The van der Waals surface area contributed by atoms with Crippen LogP contribution in [0.4, 0.5) is 0 Å². The molecule has 0 saturated heterocycles. The maximum Gasteiger partial charge on any atom is 0.324 e. The fraction of sp³-hybridized carbons (Fsp3) is 0.171. The largest absolute Gasteiger partial charge is 0.460 e. The number of aryl methyl sites for hydroxylation is 1. The van der Waals surface area contributed by atoms with Crippen molar-refractivity contribution in [2.75, 3.05) is 0 Å². The minimum absolute atomic E-state index is 0.0105. The van der Waals surface area contributed by atoms with Gasteiger partial charge in [-0.15, -0.1) is 0 Å². The van der Waals surface area contributed by atoms with Crippen molar-refractivity contribution in [1.82, 2.24) is 9.19 Å². The van der Waals surface area contributed by atoms with E-state index in [1.165, 1.54) is 12.1 Å². The number of halogens is 1. The second kappa shape index (κ2) is 12.3. The maximum atomic E-state index is 14.0. The van der Waals surface area contributed by atoms with Crippen LogP contribution in [-0.2, 0) is 42.3 Å². The van der Waals surface area contributed by atoms with Gasteiger partial charge in [-0.1, -0.05) is 102 Å². The normalized spacial score (nSPS) is 15.3. The van der Waals surface area contributed by atoms with Crippen LogP contribution in [0.5, 0.6) is 0 Å². The average Bonchev–Trinajstić information content (AvgIpc) is 3.66. The van der Waals surface area contributed by atoms with Crippen LogP contribution in [0.1, 0.15) is 34.7 Å². The molecular weight excluding hydrogens is 612 g/mol. The van der Waals surface area contributed by atoms with Gasteiger partial charge < -0.3 is 9.47 Å². The standard InChI is InChI=1S/C35H29ClN2O6S/c1-24-12-18-29(19-13-24)45(41,42)38-32(20-31(37-38)27-14-16-28(36)17-15-27)30-21-35(30,33(39)43-22-25-8-4-2-5-9-25)34(40)44-23-26-10-6-3-7-11-26/h2-20,30H,21-23H2,1H3. The van der Waals surface area contributed by atoms with Gasteiger partial charge in [-0.05, 0) is 54.8 Å². The topological polar surface area (TPSA) is 105 Å². The summed E-state index contributed by atoms with van der Waals surface area (Å²) in [6, 6.07) is 33.0. The van der Waals surface area contributed by atoms with Crippen molar-refractivity contribution in [2.24, 2.45) is 5.41 Å². The summed E-state index contributed by atoms with van der Waals surface area (Å²) in [5.41, 5.74) is 1.74. The first-order valence-electron chi connectivity index (χ1n) is 14.3. The van der Waals surface area contributed by atoms with Crippen molar-refractivity contribution in [3.05, 3.63) is 143 Å². The number of carbonyl (C=O) groups is 2. The maximum absolute atomic E-state index is 14.0. The molecule has 8 nitrogen and oxygen atoms in total. The third-order valence-electron chi connectivity index (χ3n) is 7.86. The molecule has 1 aromatic heterocycles. The molecule has 1 unspecified atom stereocenters. The third-order valence-corrected chi connectivity index (χ3v) is 9.73. The Hall–Kier alpha value is -4.73. The van der Waals surface area contributed by atoms with Crippen molar-refractivity contribution in [3.8, 4) is 11.3 Å². The Morgan fingerprint density at radius 2 is 1.36 bits per heavy atom. The van der Waals surface area contributed by atoms with E-state index in [9.17, 15) is 18.0 Å². The first kappa shape index (κ1) is 30.3. The van der Waals surface area contributed by atoms with Crippen LogP contribution in [0.25, 0.3) is 11.3 Å². The fourth-order valence-corrected chi connectivity index (χ4v) is 6.69. The summed E-state index contributed by atoms with van der Waals surface area (Å²) in [6.45, 7) is 1.74. The molecule has 0 bridgehead atoms. The van der Waals surface area contributed by atoms with Crippen LogP contribution in [0.15, 0.2) is 120 Å². The van der Waals surface area contributed by atoms with Crippen molar-refractivity contribution in [1.29, 1.82) is 0 Å². The fourth-order valence-electron chi connectivity index (χ4n) is 5.24. The number of hydrogen-bond donors (Lipinski definition) is 0. The van der Waals surface area contributed by atoms with Gasteiger partial charge in [-0.2, -0.15) is 17.6 Å². The van der Waals surface area contributed by atoms with E-state index in [0.717, 1.165) is 20.8 Å². The first-order chi connectivity index (χ1) is 21.7. The SMILES string of the molecule is Cc1ccc(S(=O)(=O)n2nc(-c3ccc(Cl)cc3)cc2C2CC2(C(=O)OCc2ccccc2)C(=O)OCc2ccccc2)cc1. The van der Waals surface area contributed by atoms with Gasteiger partial charge >= 0.3 is 11.9 Å². The lowest BCUT2D eigenvalue weighted by Gasteiger charge is -2.17. The highest BCUT2D eigenvalue weighted by molar-refractivity contribution is 7.89. The summed E-state index contributed by atoms with van der Waals surface area (Å²) in [5, 5.41) is 5.00. The average molecular weight is 641 g/mol.